The third-order valence-electron chi connectivity index (χ3n) is 2.99. The Morgan fingerprint density at radius 3 is 2.94 bits per heavy atom. The molecule has 0 atom stereocenters. The third kappa shape index (κ3) is 1.39. The van der Waals surface area contributed by atoms with Gasteiger partial charge in [-0.1, -0.05) is 18.2 Å². The number of nitrogens with one attached hydrogen (secondary N) is 1. The van der Waals surface area contributed by atoms with Crippen LogP contribution in [0.4, 0.5) is 0 Å². The monoisotopic (exact) mass is 230 g/mol. The predicted molar refractivity (Wildman–Crippen MR) is 60.7 cm³/mol. The highest BCUT2D eigenvalue weighted by molar-refractivity contribution is 6.04. The Balaban J connectivity index is 2.06. The second kappa shape index (κ2) is 3.35. The Morgan fingerprint density at radius 2 is 2.18 bits per heavy atom. The minimum absolute atomic E-state index is 0.237. The molecule has 1 amide bonds. The minimum atomic E-state index is -0.993. The molecule has 1 aromatic heterocycles. The normalized spacial score (nSPS) is 14.4. The second-order valence-electron chi connectivity index (χ2n) is 4.08. The second-order valence-corrected chi connectivity index (χ2v) is 4.08. The minimum Gasteiger partial charge on any atom is -0.480 e. The van der Waals surface area contributed by atoms with Crippen LogP contribution in [0.2, 0.25) is 0 Å². The van der Waals surface area contributed by atoms with Gasteiger partial charge in [0.2, 0.25) is 0 Å². The van der Waals surface area contributed by atoms with Crippen molar-refractivity contribution in [1.82, 2.24) is 9.88 Å². The molecule has 3 rings (SSSR count). The van der Waals surface area contributed by atoms with Gasteiger partial charge in [-0.05, 0) is 6.07 Å². The summed E-state index contributed by atoms with van der Waals surface area (Å²) in [5.74, 6) is -1.23. The Kier molecular flexibility index (Phi) is 1.95. The lowest BCUT2D eigenvalue weighted by atomic mass is 10.1. The lowest BCUT2D eigenvalue weighted by Gasteiger charge is -2.12. The molecule has 86 valence electrons. The van der Waals surface area contributed by atoms with Crippen molar-refractivity contribution in [3.63, 3.8) is 0 Å². The summed E-state index contributed by atoms with van der Waals surface area (Å²) in [7, 11) is 0. The van der Waals surface area contributed by atoms with Crippen LogP contribution in [0.15, 0.2) is 24.3 Å². The number of para-hydroxylation sites is 1. The molecular weight excluding hydrogens is 220 g/mol. The summed E-state index contributed by atoms with van der Waals surface area (Å²) in [6.45, 7) is 0.111. The van der Waals surface area contributed by atoms with Crippen molar-refractivity contribution in [2.45, 2.75) is 6.54 Å². The Labute approximate surface area is 96.7 Å². The van der Waals surface area contributed by atoms with Gasteiger partial charge in [-0.25, -0.2) is 0 Å². The molecule has 0 saturated heterocycles. The van der Waals surface area contributed by atoms with Gasteiger partial charge in [0.25, 0.3) is 5.91 Å². The van der Waals surface area contributed by atoms with Gasteiger partial charge in [-0.15, -0.1) is 0 Å². The number of amides is 1. The number of aromatic amines is 1. The SMILES string of the molecule is O=C(O)CN1Cc2c([nH]c3ccccc23)C1=O. The first-order valence-corrected chi connectivity index (χ1v) is 5.27. The largest absolute Gasteiger partial charge is 0.480 e. The maximum Gasteiger partial charge on any atom is 0.323 e. The average molecular weight is 230 g/mol. The quantitative estimate of drug-likeness (QED) is 0.814. The van der Waals surface area contributed by atoms with E-state index in [2.05, 4.69) is 4.98 Å². The zero-order chi connectivity index (χ0) is 12.0. The van der Waals surface area contributed by atoms with Crippen LogP contribution >= 0.6 is 0 Å². The number of aliphatic carboxylic acids is 1. The number of fused-ring (bicyclic) bond motifs is 3. The number of H-pyrrole nitrogens is 1. The lowest BCUT2D eigenvalue weighted by Crippen LogP contribution is -2.30. The molecule has 0 saturated carbocycles. The van der Waals surface area contributed by atoms with Crippen molar-refractivity contribution in [3.05, 3.63) is 35.5 Å². The predicted octanol–water partition coefficient (Wildman–Crippen LogP) is 1.21. The maximum atomic E-state index is 11.9. The Morgan fingerprint density at radius 1 is 1.41 bits per heavy atom. The molecule has 1 aliphatic rings. The van der Waals surface area contributed by atoms with Crippen molar-refractivity contribution in [2.24, 2.45) is 0 Å². The summed E-state index contributed by atoms with van der Waals surface area (Å²) >= 11 is 0. The molecule has 2 heterocycles. The van der Waals surface area contributed by atoms with E-state index in [1.54, 1.807) is 0 Å². The third-order valence-corrected chi connectivity index (χ3v) is 2.99. The number of carbonyl (C=O) groups excluding carboxylic acids is 1. The first-order chi connectivity index (χ1) is 8.16. The van der Waals surface area contributed by atoms with Crippen molar-refractivity contribution >= 4 is 22.8 Å². The van der Waals surface area contributed by atoms with E-state index in [-0.39, 0.29) is 12.5 Å². The van der Waals surface area contributed by atoms with Gasteiger partial charge in [0.05, 0.1) is 0 Å². The topological polar surface area (TPSA) is 73.4 Å². The Bertz CT molecular complexity index is 630. The van der Waals surface area contributed by atoms with Crippen molar-refractivity contribution in [2.75, 3.05) is 6.54 Å². The van der Waals surface area contributed by atoms with Crippen molar-refractivity contribution in [1.29, 1.82) is 0 Å². The molecule has 5 nitrogen and oxygen atoms in total. The smallest absolute Gasteiger partial charge is 0.323 e. The molecule has 2 aromatic rings. The Hall–Kier alpha value is -2.30. The molecule has 0 bridgehead atoms. The van der Waals surface area contributed by atoms with Gasteiger partial charge in [0.1, 0.15) is 12.2 Å². The summed E-state index contributed by atoms with van der Waals surface area (Å²) < 4.78 is 0. The van der Waals surface area contributed by atoms with E-state index in [4.69, 9.17) is 5.11 Å². The first-order valence-electron chi connectivity index (χ1n) is 5.27. The van der Waals surface area contributed by atoms with Crippen LogP contribution in [0.3, 0.4) is 0 Å². The molecule has 17 heavy (non-hydrogen) atoms. The van der Waals surface area contributed by atoms with E-state index in [1.807, 2.05) is 24.3 Å². The zero-order valence-corrected chi connectivity index (χ0v) is 8.93. The number of carboxylic acids is 1. The summed E-state index contributed by atoms with van der Waals surface area (Å²) in [6.07, 6.45) is 0. The summed E-state index contributed by atoms with van der Waals surface area (Å²) in [6, 6.07) is 7.64. The number of benzene rings is 1. The number of nitrogens with zero attached hydrogens (tertiary/aromatic N) is 1. The van der Waals surface area contributed by atoms with E-state index < -0.39 is 5.97 Å². The van der Waals surface area contributed by atoms with Gasteiger partial charge in [-0.3, -0.25) is 9.59 Å². The zero-order valence-electron chi connectivity index (χ0n) is 8.93. The highest BCUT2D eigenvalue weighted by Gasteiger charge is 2.31. The number of aromatic nitrogens is 1. The molecule has 1 aromatic carbocycles. The molecule has 0 fully saturated rings. The van der Waals surface area contributed by atoms with Crippen LogP contribution in [0.5, 0.6) is 0 Å². The van der Waals surface area contributed by atoms with Crippen LogP contribution in [-0.4, -0.2) is 33.4 Å². The number of hydrogen-bond acceptors (Lipinski definition) is 2. The molecular formula is C12H10N2O3. The summed E-state index contributed by atoms with van der Waals surface area (Å²) in [5.41, 5.74) is 2.33. The van der Waals surface area contributed by atoms with Crippen LogP contribution in [-0.2, 0) is 11.3 Å². The van der Waals surface area contributed by atoms with Crippen molar-refractivity contribution < 1.29 is 14.7 Å². The van der Waals surface area contributed by atoms with Crippen LogP contribution in [0.25, 0.3) is 10.9 Å². The lowest BCUT2D eigenvalue weighted by molar-refractivity contribution is -0.137. The van der Waals surface area contributed by atoms with E-state index in [1.165, 1.54) is 4.90 Å². The van der Waals surface area contributed by atoms with Gasteiger partial charge in [0, 0.05) is 23.0 Å². The standard InChI is InChI=1S/C12H10N2O3/c15-10(16)6-14-5-8-7-3-1-2-4-9(7)13-11(8)12(14)17/h1-4,13H,5-6H2,(H,15,16). The number of carbonyl (C=O) groups is 2. The van der Waals surface area contributed by atoms with Gasteiger partial charge in [-0.2, -0.15) is 0 Å². The van der Waals surface area contributed by atoms with E-state index >= 15 is 0 Å². The maximum absolute atomic E-state index is 11.9. The van der Waals surface area contributed by atoms with Crippen LogP contribution < -0.4 is 0 Å². The van der Waals surface area contributed by atoms with Crippen molar-refractivity contribution in [3.8, 4) is 0 Å². The molecule has 0 spiro atoms. The van der Waals surface area contributed by atoms with E-state index in [0.29, 0.717) is 12.2 Å². The number of rotatable bonds is 2. The fourth-order valence-corrected chi connectivity index (χ4v) is 2.26. The molecule has 2 N–H and O–H groups in total. The van der Waals surface area contributed by atoms with Crippen LogP contribution in [0.1, 0.15) is 16.1 Å². The average Bonchev–Trinajstić information content (AvgIpc) is 2.78. The number of hydrogen-bond donors (Lipinski definition) is 2. The van der Waals surface area contributed by atoms with E-state index in [0.717, 1.165) is 16.5 Å². The van der Waals surface area contributed by atoms with Crippen LogP contribution in [0, 0.1) is 0 Å². The van der Waals surface area contributed by atoms with Gasteiger partial charge in [0.15, 0.2) is 0 Å². The summed E-state index contributed by atoms with van der Waals surface area (Å²) in [5, 5.41) is 9.71. The van der Waals surface area contributed by atoms with Gasteiger partial charge >= 0.3 is 5.97 Å². The highest BCUT2D eigenvalue weighted by atomic mass is 16.4. The van der Waals surface area contributed by atoms with Gasteiger partial charge < -0.3 is 15.0 Å². The first kappa shape index (κ1) is 9.89. The fraction of sp³-hybridized carbons (Fsp3) is 0.167. The molecule has 5 heteroatoms. The molecule has 0 radical (unpaired) electrons. The fourth-order valence-electron chi connectivity index (χ4n) is 2.26. The van der Waals surface area contributed by atoms with E-state index in [9.17, 15) is 9.59 Å². The molecule has 0 unspecified atom stereocenters. The molecule has 0 aliphatic carbocycles. The highest BCUT2D eigenvalue weighted by Crippen LogP contribution is 2.29. The number of carboxylic acid groups (broad SMARTS) is 1. The molecule has 1 aliphatic heterocycles. The summed E-state index contributed by atoms with van der Waals surface area (Å²) in [4.78, 5) is 26.9.